The SMILES string of the molecule is C[C@]12O[C@]1(C)[C@@H]1[C@H]3C=C[C@@](C)(n4c(=O)n(-c5ccccc5)c(=O)n43)[C@]12C. The number of fused-ring (bicyclic) bond motifs is 1. The topological polar surface area (TPSA) is 61.5 Å². The molecule has 2 fully saturated rings. The molecule has 1 saturated carbocycles. The highest BCUT2D eigenvalue weighted by atomic mass is 16.6. The van der Waals surface area contributed by atoms with Gasteiger partial charge in [0, 0.05) is 11.3 Å². The van der Waals surface area contributed by atoms with Crippen molar-refractivity contribution in [1.29, 1.82) is 0 Å². The Balaban J connectivity index is 1.70. The quantitative estimate of drug-likeness (QED) is 0.582. The molecule has 0 amide bonds. The predicted molar refractivity (Wildman–Crippen MR) is 95.6 cm³/mol. The molecule has 134 valence electrons. The third kappa shape index (κ3) is 1.08. The van der Waals surface area contributed by atoms with Crippen molar-refractivity contribution in [2.75, 3.05) is 0 Å². The molecule has 7 rings (SSSR count). The van der Waals surface area contributed by atoms with Crippen LogP contribution < -0.4 is 11.4 Å². The van der Waals surface area contributed by atoms with E-state index in [-0.39, 0.29) is 40.0 Å². The van der Waals surface area contributed by atoms with Crippen LogP contribution in [0.5, 0.6) is 0 Å². The number of benzene rings is 1. The normalized spacial score (nSPS) is 46.3. The molecule has 0 spiro atoms. The minimum Gasteiger partial charge on any atom is -0.362 e. The standard InChI is InChI=1S/C20H21N3O3/c1-17-11-10-13(14-18(17,2)20(4)19(14,3)26-20)22-15(24)21(16(25)23(17)22)12-8-6-5-7-9-12/h5-11,13-14H,1-4H3/t13-,14-,17-,18+,19-,20-/m1/s1. The van der Waals surface area contributed by atoms with Gasteiger partial charge in [0.25, 0.3) is 0 Å². The molecule has 2 aromatic rings. The Morgan fingerprint density at radius 3 is 2.38 bits per heavy atom. The summed E-state index contributed by atoms with van der Waals surface area (Å²) in [7, 11) is 0. The van der Waals surface area contributed by atoms with Crippen molar-refractivity contribution in [3.63, 3.8) is 0 Å². The maximum Gasteiger partial charge on any atom is 0.352 e. The molecular weight excluding hydrogens is 330 g/mol. The van der Waals surface area contributed by atoms with Gasteiger partial charge in [-0.25, -0.2) is 23.5 Å². The fraction of sp³-hybridized carbons (Fsp3) is 0.500. The van der Waals surface area contributed by atoms with Gasteiger partial charge >= 0.3 is 11.4 Å². The molecule has 6 nitrogen and oxygen atoms in total. The Morgan fingerprint density at radius 1 is 1.00 bits per heavy atom. The molecule has 0 unspecified atom stereocenters. The second-order valence-corrected chi connectivity index (χ2v) is 8.81. The number of hydrogen-bond donors (Lipinski definition) is 0. The fourth-order valence-corrected chi connectivity index (χ4v) is 6.64. The minimum atomic E-state index is -0.604. The third-order valence-corrected chi connectivity index (χ3v) is 8.25. The first kappa shape index (κ1) is 14.8. The Hall–Kier alpha value is -2.34. The summed E-state index contributed by atoms with van der Waals surface area (Å²) in [5.41, 5.74) is -1.28. The second-order valence-electron chi connectivity index (χ2n) is 8.81. The van der Waals surface area contributed by atoms with Gasteiger partial charge in [-0.3, -0.25) is 0 Å². The predicted octanol–water partition coefficient (Wildman–Crippen LogP) is 1.82. The highest BCUT2D eigenvalue weighted by Crippen LogP contribution is 2.84. The largest absolute Gasteiger partial charge is 0.362 e. The number of rotatable bonds is 1. The van der Waals surface area contributed by atoms with E-state index in [0.29, 0.717) is 5.69 Å². The van der Waals surface area contributed by atoms with Gasteiger partial charge in [0.1, 0.15) is 11.2 Å². The molecule has 1 aromatic carbocycles. The molecule has 2 bridgehead atoms. The van der Waals surface area contributed by atoms with Crippen molar-refractivity contribution in [2.24, 2.45) is 11.3 Å². The van der Waals surface area contributed by atoms with E-state index in [9.17, 15) is 9.59 Å². The van der Waals surface area contributed by atoms with E-state index < -0.39 is 5.54 Å². The van der Waals surface area contributed by atoms with Crippen LogP contribution in [0.2, 0.25) is 0 Å². The number of aromatic nitrogens is 3. The Bertz CT molecular complexity index is 1140. The van der Waals surface area contributed by atoms with E-state index in [1.165, 1.54) is 4.57 Å². The monoisotopic (exact) mass is 351 g/mol. The van der Waals surface area contributed by atoms with Gasteiger partial charge in [-0.2, -0.15) is 0 Å². The second kappa shape index (κ2) is 3.69. The van der Waals surface area contributed by atoms with E-state index in [4.69, 9.17) is 4.74 Å². The Kier molecular flexibility index (Phi) is 2.10. The van der Waals surface area contributed by atoms with Crippen molar-refractivity contribution < 1.29 is 4.74 Å². The summed E-state index contributed by atoms with van der Waals surface area (Å²) in [5.74, 6) is 0.179. The smallest absolute Gasteiger partial charge is 0.352 e. The first-order valence-electron chi connectivity index (χ1n) is 9.14. The van der Waals surface area contributed by atoms with Crippen molar-refractivity contribution >= 4 is 0 Å². The lowest BCUT2D eigenvalue weighted by atomic mass is 9.38. The number of hydrogen-bond acceptors (Lipinski definition) is 3. The zero-order chi connectivity index (χ0) is 18.3. The minimum absolute atomic E-state index is 0.160. The van der Waals surface area contributed by atoms with Crippen LogP contribution in [0.25, 0.3) is 5.69 Å². The summed E-state index contributed by atoms with van der Waals surface area (Å²) in [4.78, 5) is 26.7. The van der Waals surface area contributed by atoms with E-state index >= 15 is 0 Å². The van der Waals surface area contributed by atoms with Gasteiger partial charge < -0.3 is 4.74 Å². The first-order chi connectivity index (χ1) is 12.2. The summed E-state index contributed by atoms with van der Waals surface area (Å²) in [6, 6.07) is 9.00. The number of nitrogens with zero attached hydrogens (tertiary/aromatic N) is 3. The van der Waals surface area contributed by atoms with Crippen molar-refractivity contribution in [3.8, 4) is 5.69 Å². The van der Waals surface area contributed by atoms with E-state index in [2.05, 4.69) is 39.8 Å². The highest BCUT2D eigenvalue weighted by molar-refractivity contribution is 5.46. The number of epoxide rings is 1. The number of ether oxygens (including phenoxy) is 1. The van der Waals surface area contributed by atoms with Crippen LogP contribution in [-0.4, -0.2) is 25.1 Å². The summed E-state index contributed by atoms with van der Waals surface area (Å²) in [6.45, 7) is 8.55. The molecule has 4 heterocycles. The lowest BCUT2D eigenvalue weighted by Gasteiger charge is -2.67. The van der Waals surface area contributed by atoms with E-state index in [0.717, 1.165) is 0 Å². The number of allylic oxidation sites excluding steroid dienone is 2. The third-order valence-electron chi connectivity index (χ3n) is 8.25. The van der Waals surface area contributed by atoms with Crippen LogP contribution in [0.4, 0.5) is 0 Å². The van der Waals surface area contributed by atoms with Gasteiger partial charge in [-0.05, 0) is 32.9 Å². The Morgan fingerprint density at radius 2 is 1.69 bits per heavy atom. The zero-order valence-corrected chi connectivity index (χ0v) is 15.3. The molecule has 2 aliphatic carbocycles. The van der Waals surface area contributed by atoms with Crippen LogP contribution in [0.1, 0.15) is 33.7 Å². The molecule has 5 aliphatic rings. The summed E-state index contributed by atoms with van der Waals surface area (Å²) < 4.78 is 10.8. The van der Waals surface area contributed by atoms with E-state index in [1.54, 1.807) is 21.5 Å². The zero-order valence-electron chi connectivity index (χ0n) is 15.3. The molecule has 0 N–H and O–H groups in total. The Labute approximate surface area is 150 Å². The lowest BCUT2D eigenvalue weighted by molar-refractivity contribution is -0.148. The summed E-state index contributed by atoms with van der Waals surface area (Å²) in [6.07, 6.45) is 4.20. The fourth-order valence-electron chi connectivity index (χ4n) is 6.64. The maximum atomic E-state index is 13.4. The van der Waals surface area contributed by atoms with Gasteiger partial charge in [-0.15, -0.1) is 0 Å². The van der Waals surface area contributed by atoms with Gasteiger partial charge in [0.2, 0.25) is 0 Å². The molecule has 6 atom stereocenters. The number of para-hydroxylation sites is 1. The van der Waals surface area contributed by atoms with Crippen molar-refractivity contribution in [2.45, 2.75) is 50.5 Å². The average molecular weight is 351 g/mol. The summed E-state index contributed by atoms with van der Waals surface area (Å²) in [5, 5.41) is 0. The molecular formula is C20H21N3O3. The summed E-state index contributed by atoms with van der Waals surface area (Å²) >= 11 is 0. The van der Waals surface area contributed by atoms with Crippen LogP contribution in [-0.2, 0) is 10.3 Å². The molecule has 0 radical (unpaired) electrons. The molecule has 1 aromatic heterocycles. The average Bonchev–Trinajstić information content (AvgIpc) is 2.98. The van der Waals surface area contributed by atoms with Gasteiger partial charge in [0.05, 0.1) is 17.3 Å². The highest BCUT2D eigenvalue weighted by Gasteiger charge is 2.94. The van der Waals surface area contributed by atoms with Crippen LogP contribution >= 0.6 is 0 Å². The lowest BCUT2D eigenvalue weighted by Crippen LogP contribution is -2.77. The molecule has 26 heavy (non-hydrogen) atoms. The maximum absolute atomic E-state index is 13.4. The molecule has 3 aliphatic heterocycles. The van der Waals surface area contributed by atoms with Gasteiger partial charge in [-0.1, -0.05) is 37.3 Å². The molecule has 6 heteroatoms. The van der Waals surface area contributed by atoms with Crippen LogP contribution in [0, 0.1) is 11.3 Å². The van der Waals surface area contributed by atoms with Crippen LogP contribution in [0.3, 0.4) is 0 Å². The van der Waals surface area contributed by atoms with Crippen molar-refractivity contribution in [1.82, 2.24) is 13.9 Å². The first-order valence-corrected chi connectivity index (χ1v) is 9.14. The molecule has 1 saturated heterocycles. The van der Waals surface area contributed by atoms with Gasteiger partial charge in [0.15, 0.2) is 0 Å². The van der Waals surface area contributed by atoms with E-state index in [1.807, 2.05) is 18.2 Å². The van der Waals surface area contributed by atoms with Crippen molar-refractivity contribution in [3.05, 3.63) is 63.5 Å². The van der Waals surface area contributed by atoms with Crippen LogP contribution in [0.15, 0.2) is 52.1 Å².